The van der Waals surface area contributed by atoms with E-state index in [1.54, 1.807) is 0 Å². The lowest BCUT2D eigenvalue weighted by Gasteiger charge is -2.27. The molecule has 3 aliphatic carbocycles. The predicted octanol–water partition coefficient (Wildman–Crippen LogP) is 2.22. The number of hydrogen-bond acceptors (Lipinski definition) is 3. The van der Waals surface area contributed by atoms with Crippen molar-refractivity contribution in [2.75, 3.05) is 13.2 Å². The van der Waals surface area contributed by atoms with Crippen LogP contribution < -0.4 is 11.1 Å². The summed E-state index contributed by atoms with van der Waals surface area (Å²) in [4.78, 5) is 12.3. The molecule has 4 unspecified atom stereocenters. The van der Waals surface area contributed by atoms with Gasteiger partial charge in [0, 0.05) is 19.2 Å². The van der Waals surface area contributed by atoms with Crippen LogP contribution >= 0.6 is 0 Å². The zero-order valence-corrected chi connectivity index (χ0v) is 13.1. The van der Waals surface area contributed by atoms with Gasteiger partial charge in [0.05, 0.1) is 12.0 Å². The molecule has 120 valence electrons. The summed E-state index contributed by atoms with van der Waals surface area (Å²) < 4.78 is 5.88. The van der Waals surface area contributed by atoms with Gasteiger partial charge >= 0.3 is 0 Å². The highest BCUT2D eigenvalue weighted by Gasteiger charge is 2.48. The van der Waals surface area contributed by atoms with Crippen LogP contribution in [-0.4, -0.2) is 31.2 Å². The third kappa shape index (κ3) is 3.59. The lowest BCUT2D eigenvalue weighted by atomic mass is 9.84. The summed E-state index contributed by atoms with van der Waals surface area (Å²) in [6.07, 6.45) is 11.4. The number of carbonyl (C=O) groups is 1. The number of rotatable bonds is 6. The third-order valence-corrected chi connectivity index (χ3v) is 5.81. The third-order valence-electron chi connectivity index (χ3n) is 5.81. The SMILES string of the molecule is NC1C2CCC(C2)C1C(=O)NCCCOC1CCCCC1. The lowest BCUT2D eigenvalue weighted by molar-refractivity contribution is -0.127. The maximum absolute atomic E-state index is 12.3. The van der Waals surface area contributed by atoms with Crippen molar-refractivity contribution < 1.29 is 9.53 Å². The van der Waals surface area contributed by atoms with Crippen molar-refractivity contribution in [3.05, 3.63) is 0 Å². The van der Waals surface area contributed by atoms with Gasteiger partial charge in [-0.15, -0.1) is 0 Å². The van der Waals surface area contributed by atoms with E-state index in [0.29, 0.717) is 17.9 Å². The van der Waals surface area contributed by atoms with Gasteiger partial charge in [-0.3, -0.25) is 4.79 Å². The first-order chi connectivity index (χ1) is 10.3. The summed E-state index contributed by atoms with van der Waals surface area (Å²) in [5.74, 6) is 1.40. The molecular formula is C17H30N2O2. The first kappa shape index (κ1) is 15.3. The van der Waals surface area contributed by atoms with Crippen LogP contribution in [-0.2, 0) is 9.53 Å². The minimum Gasteiger partial charge on any atom is -0.378 e. The van der Waals surface area contributed by atoms with Crippen molar-refractivity contribution in [3.8, 4) is 0 Å². The molecule has 0 heterocycles. The first-order valence-electron chi connectivity index (χ1n) is 8.90. The minimum absolute atomic E-state index is 0.0722. The van der Waals surface area contributed by atoms with E-state index < -0.39 is 0 Å². The van der Waals surface area contributed by atoms with E-state index in [4.69, 9.17) is 10.5 Å². The fourth-order valence-corrected chi connectivity index (χ4v) is 4.61. The molecule has 2 bridgehead atoms. The Bertz CT molecular complexity index is 353. The second-order valence-corrected chi connectivity index (χ2v) is 7.21. The zero-order valence-electron chi connectivity index (χ0n) is 13.1. The fraction of sp³-hybridized carbons (Fsp3) is 0.941. The van der Waals surface area contributed by atoms with E-state index in [1.165, 1.54) is 51.4 Å². The molecule has 3 saturated carbocycles. The number of hydrogen-bond donors (Lipinski definition) is 2. The summed E-state index contributed by atoms with van der Waals surface area (Å²) in [5, 5.41) is 3.08. The van der Waals surface area contributed by atoms with Crippen LogP contribution in [0, 0.1) is 17.8 Å². The highest BCUT2D eigenvalue weighted by molar-refractivity contribution is 5.80. The van der Waals surface area contributed by atoms with Crippen molar-refractivity contribution in [2.45, 2.75) is 69.9 Å². The number of carbonyl (C=O) groups excluding carboxylic acids is 1. The molecule has 3 N–H and O–H groups in total. The van der Waals surface area contributed by atoms with Crippen LogP contribution in [0.3, 0.4) is 0 Å². The Kier molecular flexibility index (Phi) is 5.17. The van der Waals surface area contributed by atoms with Crippen molar-refractivity contribution in [3.63, 3.8) is 0 Å². The number of amides is 1. The van der Waals surface area contributed by atoms with E-state index in [1.807, 2.05) is 0 Å². The second-order valence-electron chi connectivity index (χ2n) is 7.21. The quantitative estimate of drug-likeness (QED) is 0.738. The number of ether oxygens (including phenoxy) is 1. The number of nitrogens with one attached hydrogen (secondary N) is 1. The normalized spacial score (nSPS) is 36.0. The predicted molar refractivity (Wildman–Crippen MR) is 82.7 cm³/mol. The molecule has 1 amide bonds. The van der Waals surface area contributed by atoms with Gasteiger partial charge in [-0.25, -0.2) is 0 Å². The monoisotopic (exact) mass is 294 g/mol. The highest BCUT2D eigenvalue weighted by Crippen LogP contribution is 2.47. The van der Waals surface area contributed by atoms with Crippen molar-refractivity contribution in [1.82, 2.24) is 5.32 Å². The van der Waals surface area contributed by atoms with Gasteiger partial charge in [-0.1, -0.05) is 19.3 Å². The van der Waals surface area contributed by atoms with Crippen LogP contribution in [0.1, 0.15) is 57.8 Å². The summed E-state index contributed by atoms with van der Waals surface area (Å²) in [6.45, 7) is 1.50. The molecule has 0 spiro atoms. The van der Waals surface area contributed by atoms with Gasteiger partial charge in [0.2, 0.25) is 5.91 Å². The Hall–Kier alpha value is -0.610. The second kappa shape index (κ2) is 7.10. The Labute approximate surface area is 128 Å². The molecule has 0 radical (unpaired) electrons. The Morgan fingerprint density at radius 1 is 1.10 bits per heavy atom. The van der Waals surface area contributed by atoms with E-state index in [-0.39, 0.29) is 17.9 Å². The number of fused-ring (bicyclic) bond motifs is 2. The Balaban J connectivity index is 1.29. The molecule has 4 heteroatoms. The first-order valence-corrected chi connectivity index (χ1v) is 8.90. The molecule has 0 saturated heterocycles. The molecule has 3 rings (SSSR count). The zero-order chi connectivity index (χ0) is 14.7. The molecule has 3 fully saturated rings. The van der Waals surface area contributed by atoms with Gasteiger partial charge in [-0.2, -0.15) is 0 Å². The van der Waals surface area contributed by atoms with E-state index >= 15 is 0 Å². The smallest absolute Gasteiger partial charge is 0.224 e. The lowest BCUT2D eigenvalue weighted by Crippen LogP contribution is -2.45. The van der Waals surface area contributed by atoms with Crippen molar-refractivity contribution >= 4 is 5.91 Å². The van der Waals surface area contributed by atoms with Gasteiger partial charge in [0.1, 0.15) is 0 Å². The number of nitrogens with two attached hydrogens (primary N) is 1. The topological polar surface area (TPSA) is 64.4 Å². The highest BCUT2D eigenvalue weighted by atomic mass is 16.5. The van der Waals surface area contributed by atoms with Crippen molar-refractivity contribution in [1.29, 1.82) is 0 Å². The van der Waals surface area contributed by atoms with Gasteiger partial charge in [-0.05, 0) is 50.4 Å². The Morgan fingerprint density at radius 3 is 2.57 bits per heavy atom. The molecule has 0 aliphatic heterocycles. The molecule has 0 aromatic carbocycles. The van der Waals surface area contributed by atoms with Gasteiger partial charge in [0.15, 0.2) is 0 Å². The van der Waals surface area contributed by atoms with Crippen LogP contribution in [0.5, 0.6) is 0 Å². The van der Waals surface area contributed by atoms with E-state index in [2.05, 4.69) is 5.32 Å². The summed E-state index contributed by atoms with van der Waals surface area (Å²) in [5.41, 5.74) is 6.21. The molecule has 0 aromatic heterocycles. The molecule has 21 heavy (non-hydrogen) atoms. The summed E-state index contributed by atoms with van der Waals surface area (Å²) >= 11 is 0. The van der Waals surface area contributed by atoms with Crippen LogP contribution in [0.2, 0.25) is 0 Å². The molecule has 4 atom stereocenters. The maximum atomic E-state index is 12.3. The largest absolute Gasteiger partial charge is 0.378 e. The molecule has 3 aliphatic rings. The van der Waals surface area contributed by atoms with Crippen LogP contribution in [0.15, 0.2) is 0 Å². The molecule has 4 nitrogen and oxygen atoms in total. The maximum Gasteiger partial charge on any atom is 0.224 e. The average Bonchev–Trinajstić information content (AvgIpc) is 3.08. The standard InChI is InChI=1S/C17H30N2O2/c18-16-13-8-7-12(11-13)15(16)17(20)19-9-4-10-21-14-5-2-1-3-6-14/h12-16H,1-11,18H2,(H,19,20). The van der Waals surface area contributed by atoms with Gasteiger partial charge < -0.3 is 15.8 Å². The van der Waals surface area contributed by atoms with Gasteiger partial charge in [0.25, 0.3) is 0 Å². The summed E-state index contributed by atoms with van der Waals surface area (Å²) in [6, 6.07) is 0.0993. The average molecular weight is 294 g/mol. The van der Waals surface area contributed by atoms with E-state index in [0.717, 1.165) is 19.6 Å². The van der Waals surface area contributed by atoms with Crippen LogP contribution in [0.25, 0.3) is 0 Å². The molecule has 0 aromatic rings. The van der Waals surface area contributed by atoms with Crippen LogP contribution in [0.4, 0.5) is 0 Å². The fourth-order valence-electron chi connectivity index (χ4n) is 4.61. The summed E-state index contributed by atoms with van der Waals surface area (Å²) in [7, 11) is 0. The minimum atomic E-state index is 0.0722. The van der Waals surface area contributed by atoms with Crippen molar-refractivity contribution in [2.24, 2.45) is 23.5 Å². The Morgan fingerprint density at radius 2 is 1.86 bits per heavy atom. The molecular weight excluding hydrogens is 264 g/mol. The van der Waals surface area contributed by atoms with E-state index in [9.17, 15) is 4.79 Å².